The molecule has 98 valence electrons. The van der Waals surface area contributed by atoms with Crippen LogP contribution in [-0.4, -0.2) is 4.57 Å². The summed E-state index contributed by atoms with van der Waals surface area (Å²) < 4.78 is 15.4. The largest absolute Gasteiger partial charge is 0.343 e. The topological polar surface area (TPSA) is 28.7 Å². The van der Waals surface area contributed by atoms with E-state index in [1.807, 2.05) is 35.9 Å². The number of hydrogen-bond donors (Lipinski definition) is 0. The summed E-state index contributed by atoms with van der Waals surface area (Å²) in [6, 6.07) is 14.6. The zero-order valence-corrected chi connectivity index (χ0v) is 11.1. The second-order valence-electron chi connectivity index (χ2n) is 4.86. The average molecular weight is 264 g/mol. The smallest absolute Gasteiger partial charge is 0.123 e. The van der Waals surface area contributed by atoms with Crippen molar-refractivity contribution in [1.29, 1.82) is 5.26 Å². The van der Waals surface area contributed by atoms with Crippen LogP contribution >= 0.6 is 0 Å². The Bertz CT molecular complexity index is 825. The van der Waals surface area contributed by atoms with Gasteiger partial charge in [-0.2, -0.15) is 5.26 Å². The van der Waals surface area contributed by atoms with E-state index in [1.165, 1.54) is 6.07 Å². The molecule has 3 aromatic rings. The van der Waals surface area contributed by atoms with Gasteiger partial charge in [-0.25, -0.2) is 4.39 Å². The Morgan fingerprint density at radius 3 is 2.85 bits per heavy atom. The number of nitriles is 1. The average Bonchev–Trinajstić information content (AvgIpc) is 2.86. The molecule has 1 heterocycles. The minimum Gasteiger partial charge on any atom is -0.343 e. The van der Waals surface area contributed by atoms with E-state index in [1.54, 1.807) is 18.2 Å². The van der Waals surface area contributed by atoms with Crippen LogP contribution in [0.4, 0.5) is 4.39 Å². The van der Waals surface area contributed by atoms with E-state index in [0.29, 0.717) is 12.1 Å². The maximum Gasteiger partial charge on any atom is 0.123 e. The highest BCUT2D eigenvalue weighted by molar-refractivity contribution is 5.86. The molecule has 0 aliphatic heterocycles. The number of fused-ring (bicyclic) bond motifs is 1. The Morgan fingerprint density at radius 2 is 2.05 bits per heavy atom. The van der Waals surface area contributed by atoms with Crippen molar-refractivity contribution in [3.63, 3.8) is 0 Å². The summed E-state index contributed by atoms with van der Waals surface area (Å²) in [5.74, 6) is -0.222. The molecule has 0 unspecified atom stereocenters. The lowest BCUT2D eigenvalue weighted by molar-refractivity contribution is 0.623. The highest BCUT2D eigenvalue weighted by Crippen LogP contribution is 2.21. The Hall–Kier alpha value is -2.60. The predicted octanol–water partition coefficient (Wildman–Crippen LogP) is 4.01. The van der Waals surface area contributed by atoms with Crippen molar-refractivity contribution >= 4 is 10.9 Å². The molecular formula is C17H13FN2. The Kier molecular flexibility index (Phi) is 3.00. The summed E-state index contributed by atoms with van der Waals surface area (Å²) in [5, 5.41) is 10.0. The first-order valence-corrected chi connectivity index (χ1v) is 6.42. The first kappa shape index (κ1) is 12.4. The Balaban J connectivity index is 2.08. The normalized spacial score (nSPS) is 10.7. The highest BCUT2D eigenvalue weighted by atomic mass is 19.1. The summed E-state index contributed by atoms with van der Waals surface area (Å²) >= 11 is 0. The predicted molar refractivity (Wildman–Crippen MR) is 76.9 cm³/mol. The van der Waals surface area contributed by atoms with E-state index in [4.69, 9.17) is 5.26 Å². The lowest BCUT2D eigenvalue weighted by atomic mass is 10.1. The molecule has 0 bridgehead atoms. The quantitative estimate of drug-likeness (QED) is 0.687. The van der Waals surface area contributed by atoms with Crippen LogP contribution in [0.5, 0.6) is 0 Å². The third kappa shape index (κ3) is 2.06. The number of aromatic nitrogens is 1. The van der Waals surface area contributed by atoms with Gasteiger partial charge in [0, 0.05) is 23.6 Å². The molecule has 0 fully saturated rings. The number of rotatable bonds is 2. The van der Waals surface area contributed by atoms with Gasteiger partial charge in [-0.15, -0.1) is 0 Å². The molecule has 3 heteroatoms. The fourth-order valence-corrected chi connectivity index (χ4v) is 2.45. The van der Waals surface area contributed by atoms with Crippen molar-refractivity contribution in [2.75, 3.05) is 0 Å². The minimum atomic E-state index is -0.222. The fourth-order valence-electron chi connectivity index (χ4n) is 2.45. The molecule has 0 aliphatic carbocycles. The van der Waals surface area contributed by atoms with Crippen LogP contribution in [-0.2, 0) is 6.54 Å². The highest BCUT2D eigenvalue weighted by Gasteiger charge is 2.07. The van der Waals surface area contributed by atoms with Gasteiger partial charge in [0.25, 0.3) is 0 Å². The summed E-state index contributed by atoms with van der Waals surface area (Å²) in [7, 11) is 0. The zero-order chi connectivity index (χ0) is 14.1. The maximum absolute atomic E-state index is 13.4. The van der Waals surface area contributed by atoms with Gasteiger partial charge < -0.3 is 4.57 Å². The number of hydrogen-bond acceptors (Lipinski definition) is 1. The molecule has 2 nitrogen and oxygen atoms in total. The molecule has 0 amide bonds. The summed E-state index contributed by atoms with van der Waals surface area (Å²) in [4.78, 5) is 0. The second kappa shape index (κ2) is 4.82. The van der Waals surface area contributed by atoms with Gasteiger partial charge in [-0.05, 0) is 48.4 Å². The third-order valence-electron chi connectivity index (χ3n) is 3.59. The molecule has 0 aliphatic rings. The monoisotopic (exact) mass is 264 g/mol. The van der Waals surface area contributed by atoms with Gasteiger partial charge in [-0.1, -0.05) is 12.1 Å². The minimum absolute atomic E-state index is 0.222. The van der Waals surface area contributed by atoms with Crippen molar-refractivity contribution in [1.82, 2.24) is 4.57 Å². The Labute approximate surface area is 116 Å². The maximum atomic E-state index is 13.4. The van der Waals surface area contributed by atoms with Crippen LogP contribution in [0.25, 0.3) is 10.9 Å². The molecule has 1 aromatic heterocycles. The number of benzene rings is 2. The molecule has 0 saturated carbocycles. The van der Waals surface area contributed by atoms with Gasteiger partial charge in [0.1, 0.15) is 5.82 Å². The first-order valence-electron chi connectivity index (χ1n) is 6.42. The van der Waals surface area contributed by atoms with Crippen molar-refractivity contribution in [2.24, 2.45) is 0 Å². The molecule has 0 saturated heterocycles. The summed E-state index contributed by atoms with van der Waals surface area (Å²) in [6.45, 7) is 2.57. The number of halogens is 1. The van der Waals surface area contributed by atoms with E-state index in [2.05, 4.69) is 6.07 Å². The summed E-state index contributed by atoms with van der Waals surface area (Å²) in [6.07, 6.45) is 1.94. The van der Waals surface area contributed by atoms with E-state index < -0.39 is 0 Å². The van der Waals surface area contributed by atoms with E-state index in [9.17, 15) is 4.39 Å². The van der Waals surface area contributed by atoms with Crippen molar-refractivity contribution in [3.8, 4) is 6.07 Å². The van der Waals surface area contributed by atoms with Gasteiger partial charge >= 0.3 is 0 Å². The van der Waals surface area contributed by atoms with Gasteiger partial charge in [-0.3, -0.25) is 0 Å². The molecule has 0 radical (unpaired) electrons. The van der Waals surface area contributed by atoms with E-state index in [-0.39, 0.29) is 5.82 Å². The van der Waals surface area contributed by atoms with Gasteiger partial charge in [0.15, 0.2) is 0 Å². The Morgan fingerprint density at radius 1 is 1.20 bits per heavy atom. The molecule has 3 rings (SSSR count). The SMILES string of the molecule is Cc1ccc(F)cc1Cn1ccc2c(C#N)cccc21. The summed E-state index contributed by atoms with van der Waals surface area (Å²) in [5.41, 5.74) is 3.67. The first-order chi connectivity index (χ1) is 9.69. The second-order valence-corrected chi connectivity index (χ2v) is 4.86. The number of aryl methyl sites for hydroxylation is 1. The van der Waals surface area contributed by atoms with Crippen LogP contribution in [0.15, 0.2) is 48.7 Å². The molecule has 2 aromatic carbocycles. The standard InChI is InChI=1S/C17H13FN2/c1-12-5-6-15(18)9-14(12)11-20-8-7-16-13(10-19)3-2-4-17(16)20/h2-9H,11H2,1H3. The molecule has 0 N–H and O–H groups in total. The lowest BCUT2D eigenvalue weighted by Crippen LogP contribution is -2.00. The van der Waals surface area contributed by atoms with Crippen LogP contribution in [0.1, 0.15) is 16.7 Å². The molecule has 0 spiro atoms. The molecule has 20 heavy (non-hydrogen) atoms. The fraction of sp³-hybridized carbons (Fsp3) is 0.118. The third-order valence-corrected chi connectivity index (χ3v) is 3.59. The molecule has 0 atom stereocenters. The van der Waals surface area contributed by atoms with Crippen LogP contribution in [0, 0.1) is 24.1 Å². The van der Waals surface area contributed by atoms with Crippen molar-refractivity contribution < 1.29 is 4.39 Å². The zero-order valence-electron chi connectivity index (χ0n) is 11.1. The number of nitrogens with zero attached hydrogens (tertiary/aromatic N) is 2. The van der Waals surface area contributed by atoms with Crippen LogP contribution in [0.3, 0.4) is 0 Å². The van der Waals surface area contributed by atoms with Gasteiger partial charge in [0.2, 0.25) is 0 Å². The van der Waals surface area contributed by atoms with Crippen molar-refractivity contribution in [2.45, 2.75) is 13.5 Å². The molecular weight excluding hydrogens is 251 g/mol. The van der Waals surface area contributed by atoms with E-state index >= 15 is 0 Å². The van der Waals surface area contributed by atoms with Crippen LogP contribution in [0.2, 0.25) is 0 Å². The van der Waals surface area contributed by atoms with E-state index in [0.717, 1.165) is 22.0 Å². The lowest BCUT2D eigenvalue weighted by Gasteiger charge is -2.09. The van der Waals surface area contributed by atoms with Crippen molar-refractivity contribution in [3.05, 3.63) is 71.2 Å². The van der Waals surface area contributed by atoms with Crippen LogP contribution < -0.4 is 0 Å². The van der Waals surface area contributed by atoms with Gasteiger partial charge in [0.05, 0.1) is 11.6 Å².